The minimum absolute atomic E-state index is 0.0522. The number of rotatable bonds is 3. The molecule has 0 spiro atoms. The molecule has 0 aliphatic rings. The zero-order valence-corrected chi connectivity index (χ0v) is 8.61. The van der Waals surface area contributed by atoms with Gasteiger partial charge in [-0.2, -0.15) is 0 Å². The molecule has 0 radical (unpaired) electrons. The Kier molecular flexibility index (Phi) is 2.55. The lowest BCUT2D eigenvalue weighted by atomic mass is 10.3. The maximum absolute atomic E-state index is 5.77. The van der Waals surface area contributed by atoms with Crippen LogP contribution < -0.4 is 5.73 Å². The third kappa shape index (κ3) is 1.80. The van der Waals surface area contributed by atoms with Crippen molar-refractivity contribution >= 4 is 11.3 Å². The van der Waals surface area contributed by atoms with E-state index in [0.29, 0.717) is 6.54 Å². The second-order valence-corrected chi connectivity index (χ2v) is 3.80. The topological polar surface area (TPSA) is 69.6 Å². The van der Waals surface area contributed by atoms with Crippen LogP contribution in [0.1, 0.15) is 24.4 Å². The van der Waals surface area contributed by atoms with Gasteiger partial charge in [-0.3, -0.25) is 0 Å². The van der Waals surface area contributed by atoms with Gasteiger partial charge in [-0.05, 0) is 6.92 Å². The summed E-state index contributed by atoms with van der Waals surface area (Å²) in [6.45, 7) is 2.55. The first-order valence-corrected chi connectivity index (χ1v) is 5.22. The van der Waals surface area contributed by atoms with Crippen LogP contribution in [0, 0.1) is 0 Å². The van der Waals surface area contributed by atoms with Crippen LogP contribution in [0.3, 0.4) is 0 Å². The molecule has 2 heterocycles. The zero-order valence-electron chi connectivity index (χ0n) is 7.79. The van der Waals surface area contributed by atoms with Gasteiger partial charge in [0.1, 0.15) is 0 Å². The average Bonchev–Trinajstić information content (AvgIpc) is 2.75. The minimum Gasteiger partial charge on any atom is -0.323 e. The number of aromatic nitrogens is 4. The molecule has 0 aliphatic carbocycles. The third-order valence-electron chi connectivity index (χ3n) is 1.91. The highest BCUT2D eigenvalue weighted by atomic mass is 32.1. The van der Waals surface area contributed by atoms with Crippen molar-refractivity contribution in [3.63, 3.8) is 0 Å². The van der Waals surface area contributed by atoms with Gasteiger partial charge in [-0.25, -0.2) is 9.67 Å². The first-order chi connectivity index (χ1) is 6.77. The highest BCUT2D eigenvalue weighted by Gasteiger charge is 2.08. The second-order valence-electron chi connectivity index (χ2n) is 3.08. The molecule has 0 fully saturated rings. The zero-order chi connectivity index (χ0) is 9.97. The average molecular weight is 209 g/mol. The van der Waals surface area contributed by atoms with Crippen molar-refractivity contribution in [3.8, 4) is 0 Å². The van der Waals surface area contributed by atoms with E-state index in [1.54, 1.807) is 27.7 Å². The van der Waals surface area contributed by atoms with Crippen molar-refractivity contribution in [3.05, 3.63) is 28.5 Å². The van der Waals surface area contributed by atoms with Gasteiger partial charge in [0.2, 0.25) is 0 Å². The van der Waals surface area contributed by atoms with Gasteiger partial charge < -0.3 is 5.73 Å². The quantitative estimate of drug-likeness (QED) is 0.811. The van der Waals surface area contributed by atoms with Crippen molar-refractivity contribution in [2.75, 3.05) is 0 Å². The largest absolute Gasteiger partial charge is 0.323 e. The monoisotopic (exact) mass is 209 g/mol. The summed E-state index contributed by atoms with van der Waals surface area (Å²) >= 11 is 1.57. The van der Waals surface area contributed by atoms with Crippen LogP contribution in [0.5, 0.6) is 0 Å². The molecule has 2 aromatic heterocycles. The lowest BCUT2D eigenvalue weighted by Gasteiger charge is -2.06. The standard InChI is InChI=1S/C8H11N5S/c1-6(9)8-2-11-12-13(8)3-7-4-14-5-10-7/h2,4-6H,3,9H2,1H3. The van der Waals surface area contributed by atoms with Crippen molar-refractivity contribution in [2.24, 2.45) is 5.73 Å². The van der Waals surface area contributed by atoms with Gasteiger partial charge in [0.05, 0.1) is 29.6 Å². The normalized spacial score (nSPS) is 13.0. The summed E-state index contributed by atoms with van der Waals surface area (Å²) in [5.74, 6) is 0. The van der Waals surface area contributed by atoms with E-state index < -0.39 is 0 Å². The van der Waals surface area contributed by atoms with E-state index in [0.717, 1.165) is 11.4 Å². The summed E-state index contributed by atoms with van der Waals surface area (Å²) in [5.41, 5.74) is 9.49. The molecule has 2 rings (SSSR count). The number of thiazole rings is 1. The minimum atomic E-state index is -0.0522. The van der Waals surface area contributed by atoms with Gasteiger partial charge in [0.25, 0.3) is 0 Å². The van der Waals surface area contributed by atoms with Crippen LogP contribution in [0.4, 0.5) is 0 Å². The Morgan fingerprint density at radius 1 is 1.64 bits per heavy atom. The molecular weight excluding hydrogens is 198 g/mol. The molecule has 0 amide bonds. The summed E-state index contributed by atoms with van der Waals surface area (Å²) in [7, 11) is 0. The molecule has 6 heteroatoms. The van der Waals surface area contributed by atoms with E-state index in [-0.39, 0.29) is 6.04 Å². The predicted octanol–water partition coefficient (Wildman–Crippen LogP) is 0.803. The summed E-state index contributed by atoms with van der Waals surface area (Å²) in [5, 5.41) is 9.79. The summed E-state index contributed by atoms with van der Waals surface area (Å²) in [6.07, 6.45) is 1.69. The first-order valence-electron chi connectivity index (χ1n) is 4.28. The fourth-order valence-electron chi connectivity index (χ4n) is 1.21. The van der Waals surface area contributed by atoms with Gasteiger partial charge >= 0.3 is 0 Å². The number of hydrogen-bond acceptors (Lipinski definition) is 5. The highest BCUT2D eigenvalue weighted by Crippen LogP contribution is 2.09. The van der Waals surface area contributed by atoms with Gasteiger partial charge in [-0.1, -0.05) is 5.21 Å². The lowest BCUT2D eigenvalue weighted by molar-refractivity contribution is 0.584. The molecule has 0 bridgehead atoms. The number of nitrogens with zero attached hydrogens (tertiary/aromatic N) is 4. The smallest absolute Gasteiger partial charge is 0.0861 e. The summed E-state index contributed by atoms with van der Waals surface area (Å²) < 4.78 is 1.78. The molecule has 1 unspecified atom stereocenters. The van der Waals surface area contributed by atoms with Gasteiger partial charge in [0, 0.05) is 11.4 Å². The van der Waals surface area contributed by atoms with E-state index in [1.807, 2.05) is 12.3 Å². The molecule has 0 aliphatic heterocycles. The number of hydrogen-bond donors (Lipinski definition) is 1. The van der Waals surface area contributed by atoms with E-state index >= 15 is 0 Å². The van der Waals surface area contributed by atoms with Crippen molar-refractivity contribution in [2.45, 2.75) is 19.5 Å². The van der Waals surface area contributed by atoms with Crippen LogP contribution in [0.15, 0.2) is 17.1 Å². The molecule has 1 atom stereocenters. The molecule has 0 saturated heterocycles. The Morgan fingerprint density at radius 2 is 2.50 bits per heavy atom. The molecule has 0 aromatic carbocycles. The maximum Gasteiger partial charge on any atom is 0.0861 e. The molecule has 2 N–H and O–H groups in total. The van der Waals surface area contributed by atoms with Crippen LogP contribution in [0.2, 0.25) is 0 Å². The Labute approximate surface area is 85.6 Å². The maximum atomic E-state index is 5.77. The molecule has 14 heavy (non-hydrogen) atoms. The Morgan fingerprint density at radius 3 is 3.14 bits per heavy atom. The molecule has 2 aromatic rings. The Balaban J connectivity index is 2.21. The van der Waals surface area contributed by atoms with Gasteiger partial charge in [0.15, 0.2) is 0 Å². The van der Waals surface area contributed by atoms with Crippen molar-refractivity contribution < 1.29 is 0 Å². The van der Waals surface area contributed by atoms with Crippen molar-refractivity contribution in [1.29, 1.82) is 0 Å². The van der Waals surface area contributed by atoms with Gasteiger partial charge in [-0.15, -0.1) is 16.4 Å². The first kappa shape index (κ1) is 9.29. The lowest BCUT2D eigenvalue weighted by Crippen LogP contribution is -2.14. The SMILES string of the molecule is CC(N)c1cnnn1Cc1cscn1. The molecule has 74 valence electrons. The van der Waals surface area contributed by atoms with E-state index in [2.05, 4.69) is 15.3 Å². The Hall–Kier alpha value is -1.27. The molecular formula is C8H11N5S. The van der Waals surface area contributed by atoms with Crippen LogP contribution >= 0.6 is 11.3 Å². The summed E-state index contributed by atoms with van der Waals surface area (Å²) in [6, 6.07) is -0.0522. The molecule has 5 nitrogen and oxygen atoms in total. The fraction of sp³-hybridized carbons (Fsp3) is 0.375. The second kappa shape index (κ2) is 3.85. The van der Waals surface area contributed by atoms with Crippen LogP contribution in [0.25, 0.3) is 0 Å². The molecule has 0 saturated carbocycles. The third-order valence-corrected chi connectivity index (χ3v) is 2.54. The summed E-state index contributed by atoms with van der Waals surface area (Å²) in [4.78, 5) is 4.18. The fourth-order valence-corrected chi connectivity index (χ4v) is 1.76. The van der Waals surface area contributed by atoms with E-state index in [9.17, 15) is 0 Å². The Bertz CT molecular complexity index is 392. The van der Waals surface area contributed by atoms with Crippen molar-refractivity contribution in [1.82, 2.24) is 20.0 Å². The predicted molar refractivity (Wildman–Crippen MR) is 53.8 cm³/mol. The van der Waals surface area contributed by atoms with E-state index in [1.165, 1.54) is 0 Å². The van der Waals surface area contributed by atoms with Crippen LogP contribution in [-0.2, 0) is 6.54 Å². The number of nitrogens with two attached hydrogens (primary N) is 1. The van der Waals surface area contributed by atoms with E-state index in [4.69, 9.17) is 5.73 Å². The highest BCUT2D eigenvalue weighted by molar-refractivity contribution is 7.07. The van der Waals surface area contributed by atoms with Crippen LogP contribution in [-0.4, -0.2) is 20.0 Å².